The Bertz CT molecular complexity index is 328. The van der Waals surface area contributed by atoms with Crippen LogP contribution in [0.25, 0.3) is 0 Å². The van der Waals surface area contributed by atoms with Gasteiger partial charge in [-0.3, -0.25) is 4.90 Å². The zero-order valence-electron chi connectivity index (χ0n) is 9.11. The molecular formula is C10H16FN3O. The number of nitrogens with zero attached hydrogens (tertiary/aromatic N) is 3. The molecule has 2 atom stereocenters. The first-order valence-electron chi connectivity index (χ1n) is 5.31. The van der Waals surface area contributed by atoms with Gasteiger partial charge < -0.3 is 4.52 Å². The molecule has 5 heteroatoms. The van der Waals surface area contributed by atoms with E-state index in [4.69, 9.17) is 4.52 Å². The highest BCUT2D eigenvalue weighted by Gasteiger charge is 2.26. The van der Waals surface area contributed by atoms with Crippen LogP contribution in [0.1, 0.15) is 25.1 Å². The van der Waals surface area contributed by atoms with Crippen LogP contribution >= 0.6 is 0 Å². The van der Waals surface area contributed by atoms with E-state index in [2.05, 4.69) is 10.1 Å². The largest absolute Gasteiger partial charge is 0.338 e. The molecule has 1 aliphatic rings. The van der Waals surface area contributed by atoms with Crippen LogP contribution in [0, 0.1) is 12.8 Å². The third-order valence-corrected chi connectivity index (χ3v) is 2.88. The summed E-state index contributed by atoms with van der Waals surface area (Å²) in [7, 11) is 0. The Balaban J connectivity index is 1.90. The maximum Gasteiger partial charge on any atom is 0.240 e. The lowest BCUT2D eigenvalue weighted by molar-refractivity contribution is 0.0809. The van der Waals surface area contributed by atoms with Crippen LogP contribution in [0.2, 0.25) is 0 Å². The Morgan fingerprint density at radius 1 is 1.60 bits per heavy atom. The normalized spacial score (nSPS) is 28.2. The van der Waals surface area contributed by atoms with E-state index in [-0.39, 0.29) is 5.92 Å². The van der Waals surface area contributed by atoms with Crippen molar-refractivity contribution < 1.29 is 8.91 Å². The van der Waals surface area contributed by atoms with Gasteiger partial charge in [0.05, 0.1) is 6.54 Å². The van der Waals surface area contributed by atoms with Gasteiger partial charge in [-0.1, -0.05) is 12.1 Å². The second-order valence-electron chi connectivity index (χ2n) is 4.25. The highest BCUT2D eigenvalue weighted by atomic mass is 19.1. The van der Waals surface area contributed by atoms with Crippen LogP contribution in [-0.4, -0.2) is 34.3 Å². The summed E-state index contributed by atoms with van der Waals surface area (Å²) in [5, 5.41) is 3.71. The zero-order valence-corrected chi connectivity index (χ0v) is 9.11. The molecule has 1 aromatic heterocycles. The third kappa shape index (κ3) is 2.53. The smallest absolute Gasteiger partial charge is 0.240 e. The molecule has 1 aliphatic heterocycles. The van der Waals surface area contributed by atoms with E-state index in [1.165, 1.54) is 0 Å². The second-order valence-corrected chi connectivity index (χ2v) is 4.25. The molecule has 1 fully saturated rings. The zero-order chi connectivity index (χ0) is 10.8. The van der Waals surface area contributed by atoms with Crippen molar-refractivity contribution in [3.63, 3.8) is 0 Å². The molecule has 0 N–H and O–H groups in total. The van der Waals surface area contributed by atoms with Crippen molar-refractivity contribution in [1.29, 1.82) is 0 Å². The van der Waals surface area contributed by atoms with Crippen LogP contribution in [0.5, 0.6) is 0 Å². The predicted octanol–water partition coefficient (Wildman–Crippen LogP) is 1.56. The highest BCUT2D eigenvalue weighted by Crippen LogP contribution is 2.20. The standard InChI is InChI=1S/C10H16FN3O/c1-7-3-4-14(5-9(7)11)6-10-12-8(2)13-15-10/h7,9H,3-6H2,1-2H3. The first-order chi connectivity index (χ1) is 7.15. The van der Waals surface area contributed by atoms with Crippen LogP contribution in [-0.2, 0) is 6.54 Å². The Hall–Kier alpha value is -0.970. The van der Waals surface area contributed by atoms with E-state index in [0.717, 1.165) is 13.0 Å². The first kappa shape index (κ1) is 10.5. The van der Waals surface area contributed by atoms with Gasteiger partial charge in [0.1, 0.15) is 6.17 Å². The lowest BCUT2D eigenvalue weighted by Crippen LogP contribution is -2.40. The molecular weight excluding hydrogens is 197 g/mol. The number of aromatic nitrogens is 2. The van der Waals surface area contributed by atoms with Gasteiger partial charge in [-0.25, -0.2) is 4.39 Å². The van der Waals surface area contributed by atoms with Gasteiger partial charge in [-0.15, -0.1) is 0 Å². The van der Waals surface area contributed by atoms with Gasteiger partial charge in [0, 0.05) is 6.54 Å². The number of aryl methyl sites for hydroxylation is 1. The average molecular weight is 213 g/mol. The molecule has 2 rings (SSSR count). The molecule has 2 heterocycles. The summed E-state index contributed by atoms with van der Waals surface area (Å²) < 4.78 is 18.4. The molecule has 0 aliphatic carbocycles. The van der Waals surface area contributed by atoms with Crippen molar-refractivity contribution in [1.82, 2.24) is 15.0 Å². The van der Waals surface area contributed by atoms with E-state index in [1.54, 1.807) is 6.92 Å². The summed E-state index contributed by atoms with van der Waals surface area (Å²) in [4.78, 5) is 6.13. The quantitative estimate of drug-likeness (QED) is 0.747. The molecule has 0 saturated carbocycles. The van der Waals surface area contributed by atoms with Crippen molar-refractivity contribution in [3.05, 3.63) is 11.7 Å². The molecule has 2 unspecified atom stereocenters. The lowest BCUT2D eigenvalue weighted by Gasteiger charge is -2.31. The van der Waals surface area contributed by atoms with Crippen LogP contribution < -0.4 is 0 Å². The predicted molar refractivity (Wildman–Crippen MR) is 53.0 cm³/mol. The molecule has 0 amide bonds. The number of likely N-dealkylation sites (tertiary alicyclic amines) is 1. The Morgan fingerprint density at radius 3 is 3.00 bits per heavy atom. The fourth-order valence-electron chi connectivity index (χ4n) is 1.82. The molecule has 4 nitrogen and oxygen atoms in total. The van der Waals surface area contributed by atoms with E-state index >= 15 is 0 Å². The number of alkyl halides is 1. The molecule has 1 saturated heterocycles. The minimum absolute atomic E-state index is 0.172. The maximum absolute atomic E-state index is 13.4. The fraction of sp³-hybridized carbons (Fsp3) is 0.800. The minimum Gasteiger partial charge on any atom is -0.338 e. The lowest BCUT2D eigenvalue weighted by atomic mass is 9.97. The van der Waals surface area contributed by atoms with Crippen molar-refractivity contribution in [2.75, 3.05) is 13.1 Å². The summed E-state index contributed by atoms with van der Waals surface area (Å²) in [6.07, 6.45) is 0.164. The third-order valence-electron chi connectivity index (χ3n) is 2.88. The van der Waals surface area contributed by atoms with Crippen LogP contribution in [0.15, 0.2) is 4.52 Å². The Kier molecular flexibility index (Phi) is 3.00. The van der Waals surface area contributed by atoms with Crippen molar-refractivity contribution >= 4 is 0 Å². The summed E-state index contributed by atoms with van der Waals surface area (Å²) in [5.41, 5.74) is 0. The number of hydrogen-bond acceptors (Lipinski definition) is 4. The van der Waals surface area contributed by atoms with Crippen molar-refractivity contribution in [2.24, 2.45) is 5.92 Å². The van der Waals surface area contributed by atoms with Gasteiger partial charge in [-0.2, -0.15) is 4.98 Å². The average Bonchev–Trinajstić information content (AvgIpc) is 2.58. The number of hydrogen-bond donors (Lipinski definition) is 0. The van der Waals surface area contributed by atoms with E-state index < -0.39 is 6.17 Å². The molecule has 0 spiro atoms. The van der Waals surface area contributed by atoms with Crippen molar-refractivity contribution in [2.45, 2.75) is 33.0 Å². The molecule has 84 valence electrons. The van der Waals surface area contributed by atoms with E-state index in [0.29, 0.717) is 24.8 Å². The fourth-order valence-corrected chi connectivity index (χ4v) is 1.82. The number of rotatable bonds is 2. The summed E-state index contributed by atoms with van der Waals surface area (Å²) >= 11 is 0. The molecule has 0 radical (unpaired) electrons. The molecule has 1 aromatic rings. The summed E-state index contributed by atoms with van der Waals surface area (Å²) in [6, 6.07) is 0. The monoisotopic (exact) mass is 213 g/mol. The molecule has 15 heavy (non-hydrogen) atoms. The van der Waals surface area contributed by atoms with Gasteiger partial charge in [0.15, 0.2) is 5.82 Å². The van der Waals surface area contributed by atoms with Gasteiger partial charge in [0.25, 0.3) is 0 Å². The number of halogens is 1. The van der Waals surface area contributed by atoms with Crippen LogP contribution in [0.3, 0.4) is 0 Å². The minimum atomic E-state index is -0.734. The maximum atomic E-state index is 13.4. The molecule has 0 aromatic carbocycles. The van der Waals surface area contributed by atoms with E-state index in [1.807, 2.05) is 11.8 Å². The van der Waals surface area contributed by atoms with Crippen LogP contribution in [0.4, 0.5) is 4.39 Å². The Morgan fingerprint density at radius 2 is 2.40 bits per heavy atom. The van der Waals surface area contributed by atoms with Crippen molar-refractivity contribution in [3.8, 4) is 0 Å². The Labute approximate surface area is 88.5 Å². The number of piperidine rings is 1. The van der Waals surface area contributed by atoms with Gasteiger partial charge in [-0.05, 0) is 25.8 Å². The first-order valence-corrected chi connectivity index (χ1v) is 5.31. The van der Waals surface area contributed by atoms with E-state index in [9.17, 15) is 4.39 Å². The summed E-state index contributed by atoms with van der Waals surface area (Å²) in [5.74, 6) is 1.38. The summed E-state index contributed by atoms with van der Waals surface area (Å²) in [6.45, 7) is 5.68. The highest BCUT2D eigenvalue weighted by molar-refractivity contribution is 4.85. The molecule has 0 bridgehead atoms. The SMILES string of the molecule is Cc1noc(CN2CCC(C)C(F)C2)n1. The van der Waals surface area contributed by atoms with Gasteiger partial charge >= 0.3 is 0 Å². The van der Waals surface area contributed by atoms with Gasteiger partial charge in [0.2, 0.25) is 5.89 Å². The topological polar surface area (TPSA) is 42.2 Å². The second kappa shape index (κ2) is 4.26.